The normalized spacial score (nSPS) is 13.9. The predicted octanol–water partition coefficient (Wildman–Crippen LogP) is 5.87. The predicted molar refractivity (Wildman–Crippen MR) is 104 cm³/mol. The van der Waals surface area contributed by atoms with E-state index < -0.39 is 17.4 Å². The number of hydrogen-bond donors (Lipinski definition) is 1. The highest BCUT2D eigenvalue weighted by Gasteiger charge is 2.16. The van der Waals surface area contributed by atoms with Gasteiger partial charge in [0.1, 0.15) is 11.6 Å². The lowest BCUT2D eigenvalue weighted by Crippen LogP contribution is -2.15. The molecule has 0 fully saturated rings. The minimum atomic E-state index is -0.749. The highest BCUT2D eigenvalue weighted by atomic mass is 32.1. The van der Waals surface area contributed by atoms with Crippen molar-refractivity contribution in [2.24, 2.45) is 4.99 Å². The fourth-order valence-electron chi connectivity index (χ4n) is 2.83. The number of anilines is 1. The number of nitrogens with one attached hydrogen (secondary N) is 1. The van der Waals surface area contributed by atoms with Crippen molar-refractivity contribution in [3.05, 3.63) is 59.5 Å². The standard InChI is InChI=1S/C20H17F2N3OS/c21-14-7-5-8-15(22)19(14)26-17-9-2-1-6-13(17)16-12-27-20(24-16)25-18-10-3-4-11-23-18/h1-2,5-9,12H,3-4,10-11H2,(H,23,24,25). The molecule has 0 aliphatic carbocycles. The van der Waals surface area contributed by atoms with Gasteiger partial charge in [-0.3, -0.25) is 4.99 Å². The Kier molecular flexibility index (Phi) is 5.11. The van der Waals surface area contributed by atoms with Crippen LogP contribution in [0.25, 0.3) is 11.3 Å². The summed E-state index contributed by atoms with van der Waals surface area (Å²) in [5.74, 6) is -0.634. The van der Waals surface area contributed by atoms with Crippen molar-refractivity contribution in [3.8, 4) is 22.8 Å². The third-order valence-electron chi connectivity index (χ3n) is 4.17. The molecule has 0 spiro atoms. The van der Waals surface area contributed by atoms with Crippen LogP contribution in [0.5, 0.6) is 11.5 Å². The molecular formula is C20H17F2N3OS. The van der Waals surface area contributed by atoms with E-state index in [1.165, 1.54) is 17.4 Å². The molecule has 7 heteroatoms. The lowest BCUT2D eigenvalue weighted by Gasteiger charge is -2.12. The van der Waals surface area contributed by atoms with Crippen LogP contribution in [0.4, 0.5) is 13.9 Å². The number of aliphatic imine (C=N–C) groups is 1. The number of thiazole rings is 1. The Balaban J connectivity index is 1.61. The van der Waals surface area contributed by atoms with E-state index in [4.69, 9.17) is 4.74 Å². The maximum atomic E-state index is 13.9. The summed E-state index contributed by atoms with van der Waals surface area (Å²) in [6.45, 7) is 0.839. The van der Waals surface area contributed by atoms with E-state index in [0.29, 0.717) is 17.0 Å². The zero-order valence-corrected chi connectivity index (χ0v) is 15.2. The average Bonchev–Trinajstić information content (AvgIpc) is 3.14. The van der Waals surface area contributed by atoms with E-state index in [-0.39, 0.29) is 0 Å². The first kappa shape index (κ1) is 17.6. The highest BCUT2D eigenvalue weighted by Crippen LogP contribution is 2.36. The average molecular weight is 385 g/mol. The van der Waals surface area contributed by atoms with E-state index in [9.17, 15) is 8.78 Å². The molecule has 4 rings (SSSR count). The van der Waals surface area contributed by atoms with Crippen molar-refractivity contribution in [2.75, 3.05) is 11.9 Å². The molecular weight excluding hydrogens is 368 g/mol. The second kappa shape index (κ2) is 7.84. The van der Waals surface area contributed by atoms with Gasteiger partial charge in [-0.1, -0.05) is 18.2 Å². The van der Waals surface area contributed by atoms with E-state index in [0.717, 1.165) is 48.9 Å². The molecule has 27 heavy (non-hydrogen) atoms. The summed E-state index contributed by atoms with van der Waals surface area (Å²) in [7, 11) is 0. The Bertz CT molecular complexity index is 967. The quantitative estimate of drug-likeness (QED) is 0.610. The first-order chi connectivity index (χ1) is 13.2. The van der Waals surface area contributed by atoms with Crippen molar-refractivity contribution < 1.29 is 13.5 Å². The van der Waals surface area contributed by atoms with Gasteiger partial charge in [-0.2, -0.15) is 0 Å². The van der Waals surface area contributed by atoms with Crippen LogP contribution in [-0.2, 0) is 0 Å². The van der Waals surface area contributed by atoms with Crippen LogP contribution in [0.3, 0.4) is 0 Å². The van der Waals surface area contributed by atoms with Gasteiger partial charge in [-0.15, -0.1) is 11.3 Å². The molecule has 1 aromatic heterocycles. The third kappa shape index (κ3) is 3.98. The fraction of sp³-hybridized carbons (Fsp3) is 0.200. The zero-order valence-electron chi connectivity index (χ0n) is 14.4. The Morgan fingerprint density at radius 2 is 1.81 bits per heavy atom. The smallest absolute Gasteiger partial charge is 0.198 e. The molecule has 0 unspecified atom stereocenters. The van der Waals surface area contributed by atoms with Gasteiger partial charge in [0, 0.05) is 23.9 Å². The van der Waals surface area contributed by atoms with Crippen LogP contribution in [0.15, 0.2) is 52.8 Å². The molecule has 1 N–H and O–H groups in total. The van der Waals surface area contributed by atoms with Crippen LogP contribution in [-0.4, -0.2) is 17.4 Å². The summed E-state index contributed by atoms with van der Waals surface area (Å²) in [6.07, 6.45) is 3.15. The number of ether oxygens (including phenoxy) is 1. The van der Waals surface area contributed by atoms with E-state index in [1.54, 1.807) is 12.1 Å². The molecule has 1 aliphatic heterocycles. The Morgan fingerprint density at radius 1 is 1.00 bits per heavy atom. The van der Waals surface area contributed by atoms with Crippen molar-refractivity contribution in [3.63, 3.8) is 0 Å². The van der Waals surface area contributed by atoms with Crippen molar-refractivity contribution >= 4 is 22.3 Å². The van der Waals surface area contributed by atoms with Gasteiger partial charge in [0.05, 0.1) is 5.69 Å². The van der Waals surface area contributed by atoms with Crippen LogP contribution in [0.2, 0.25) is 0 Å². The van der Waals surface area contributed by atoms with Gasteiger partial charge >= 0.3 is 0 Å². The number of nitrogens with zero attached hydrogens (tertiary/aromatic N) is 2. The summed E-state index contributed by atoms with van der Waals surface area (Å²) in [4.78, 5) is 9.04. The molecule has 138 valence electrons. The van der Waals surface area contributed by atoms with Crippen LogP contribution >= 0.6 is 11.3 Å². The molecule has 0 amide bonds. The number of amidine groups is 1. The maximum Gasteiger partial charge on any atom is 0.198 e. The molecule has 0 saturated carbocycles. The molecule has 2 aromatic carbocycles. The van der Waals surface area contributed by atoms with Gasteiger partial charge in [0.25, 0.3) is 0 Å². The molecule has 0 radical (unpaired) electrons. The minimum Gasteiger partial charge on any atom is -0.450 e. The van der Waals surface area contributed by atoms with Gasteiger partial charge in [-0.05, 0) is 37.1 Å². The SMILES string of the molecule is Fc1cccc(F)c1Oc1ccccc1-c1csc(NC2=NCCCC2)n1. The maximum absolute atomic E-state index is 13.9. The van der Waals surface area contributed by atoms with Gasteiger partial charge in [0.2, 0.25) is 0 Å². The molecule has 0 saturated heterocycles. The number of rotatable bonds is 4. The Morgan fingerprint density at radius 3 is 2.59 bits per heavy atom. The molecule has 3 aromatic rings. The van der Waals surface area contributed by atoms with E-state index in [2.05, 4.69) is 15.3 Å². The van der Waals surface area contributed by atoms with Crippen LogP contribution in [0.1, 0.15) is 19.3 Å². The Labute approximate surface area is 159 Å². The molecule has 2 heterocycles. The van der Waals surface area contributed by atoms with Crippen molar-refractivity contribution in [1.82, 2.24) is 4.98 Å². The number of halogens is 2. The lowest BCUT2D eigenvalue weighted by molar-refractivity contribution is 0.408. The first-order valence-electron chi connectivity index (χ1n) is 8.68. The second-order valence-electron chi connectivity index (χ2n) is 6.10. The monoisotopic (exact) mass is 385 g/mol. The van der Waals surface area contributed by atoms with Gasteiger partial charge in [0.15, 0.2) is 22.5 Å². The van der Waals surface area contributed by atoms with Crippen LogP contribution < -0.4 is 10.1 Å². The summed E-state index contributed by atoms with van der Waals surface area (Å²) in [5, 5.41) is 5.87. The zero-order chi connectivity index (χ0) is 18.6. The number of benzene rings is 2. The van der Waals surface area contributed by atoms with Crippen molar-refractivity contribution in [2.45, 2.75) is 19.3 Å². The number of aromatic nitrogens is 1. The van der Waals surface area contributed by atoms with Gasteiger partial charge in [-0.25, -0.2) is 13.8 Å². The number of hydrogen-bond acceptors (Lipinski definition) is 5. The van der Waals surface area contributed by atoms with E-state index >= 15 is 0 Å². The van der Waals surface area contributed by atoms with E-state index in [1.807, 2.05) is 17.5 Å². The molecule has 4 nitrogen and oxygen atoms in total. The second-order valence-corrected chi connectivity index (χ2v) is 6.96. The van der Waals surface area contributed by atoms with Crippen molar-refractivity contribution in [1.29, 1.82) is 0 Å². The molecule has 0 atom stereocenters. The largest absolute Gasteiger partial charge is 0.450 e. The third-order valence-corrected chi connectivity index (χ3v) is 4.93. The molecule has 1 aliphatic rings. The first-order valence-corrected chi connectivity index (χ1v) is 9.56. The summed E-state index contributed by atoms with van der Waals surface area (Å²) >= 11 is 1.45. The lowest BCUT2D eigenvalue weighted by atomic mass is 10.1. The highest BCUT2D eigenvalue weighted by molar-refractivity contribution is 7.14. The minimum absolute atomic E-state index is 0.341. The fourth-order valence-corrected chi connectivity index (χ4v) is 3.57. The Hall–Kier alpha value is -2.80. The number of para-hydroxylation sites is 2. The van der Waals surface area contributed by atoms with Gasteiger partial charge < -0.3 is 10.1 Å². The van der Waals surface area contributed by atoms with Crippen LogP contribution in [0, 0.1) is 11.6 Å². The summed E-state index contributed by atoms with van der Waals surface area (Å²) < 4.78 is 33.4. The summed E-state index contributed by atoms with van der Waals surface area (Å²) in [5.41, 5.74) is 1.33. The molecule has 0 bridgehead atoms. The summed E-state index contributed by atoms with van der Waals surface area (Å²) in [6, 6.07) is 10.7. The topological polar surface area (TPSA) is 46.5 Å².